The van der Waals surface area contributed by atoms with Crippen molar-refractivity contribution >= 4 is 40.5 Å². The maximum atomic E-state index is 12.7. The molecular weight excluding hydrogens is 495 g/mol. The Morgan fingerprint density at radius 1 is 1.23 bits per heavy atom. The highest BCUT2D eigenvalue weighted by Gasteiger charge is 2.18. The number of nitriles is 1. The maximum Gasteiger partial charge on any atom is 0.345 e. The van der Waals surface area contributed by atoms with Crippen LogP contribution in [-0.2, 0) is 6.54 Å². The lowest BCUT2D eigenvalue weighted by Crippen LogP contribution is -2.26. The highest BCUT2D eigenvalue weighted by Crippen LogP contribution is 2.21. The van der Waals surface area contributed by atoms with Crippen molar-refractivity contribution < 1.29 is 9.90 Å². The molecule has 1 aromatic heterocycles. The lowest BCUT2D eigenvalue weighted by atomic mass is 10.1. The first-order chi connectivity index (χ1) is 14.4. The molecule has 30 heavy (non-hydrogen) atoms. The molecule has 0 unspecified atom stereocenters. The summed E-state index contributed by atoms with van der Waals surface area (Å²) < 4.78 is 1.95. The zero-order chi connectivity index (χ0) is 21.7. The summed E-state index contributed by atoms with van der Waals surface area (Å²) in [4.78, 5) is 28.7. The van der Waals surface area contributed by atoms with Gasteiger partial charge in [0, 0.05) is 9.78 Å². The van der Waals surface area contributed by atoms with E-state index in [9.17, 15) is 20.0 Å². The summed E-state index contributed by atoms with van der Waals surface area (Å²) >= 11 is 2.09. The second-order valence-corrected chi connectivity index (χ2v) is 7.56. The van der Waals surface area contributed by atoms with E-state index in [-0.39, 0.29) is 29.1 Å². The quantitative estimate of drug-likeness (QED) is 0.407. The maximum absolute atomic E-state index is 12.7. The summed E-state index contributed by atoms with van der Waals surface area (Å²) in [5.74, 6) is -0.355. The van der Waals surface area contributed by atoms with E-state index in [1.165, 1.54) is 6.92 Å². The average Bonchev–Trinajstić information content (AvgIpc) is 2.74. The summed E-state index contributed by atoms with van der Waals surface area (Å²) in [6, 6.07) is 17.5. The molecule has 0 aliphatic carbocycles. The molecule has 0 saturated heterocycles. The van der Waals surface area contributed by atoms with E-state index in [1.807, 2.05) is 36.4 Å². The number of pyridine rings is 1. The number of aromatic nitrogens is 1. The average molecular weight is 512 g/mol. The van der Waals surface area contributed by atoms with Gasteiger partial charge in [0.1, 0.15) is 11.6 Å². The predicted octanol–water partition coefficient (Wildman–Crippen LogP) is 4.04. The number of amides is 2. The third-order valence-electron chi connectivity index (χ3n) is 4.46. The molecule has 0 aliphatic rings. The Morgan fingerprint density at radius 2 is 1.90 bits per heavy atom. The first-order valence-corrected chi connectivity index (χ1v) is 10.00. The monoisotopic (exact) mass is 512 g/mol. The molecule has 2 amide bonds. The number of urea groups is 1. The minimum atomic E-state index is -0.641. The normalized spacial score (nSPS) is 10.7. The number of anilines is 1. The number of carbonyl (C=O) groups excluding carboxylic acids is 1. The van der Waals surface area contributed by atoms with E-state index in [0.717, 1.165) is 19.9 Å². The van der Waals surface area contributed by atoms with Crippen molar-refractivity contribution in [2.45, 2.75) is 13.5 Å². The van der Waals surface area contributed by atoms with Gasteiger partial charge < -0.3 is 10.4 Å². The number of aliphatic imine (C=N–C) groups is 1. The van der Waals surface area contributed by atoms with Gasteiger partial charge in [-0.15, -0.1) is 0 Å². The second kappa shape index (κ2) is 9.37. The smallest absolute Gasteiger partial charge is 0.345 e. The van der Waals surface area contributed by atoms with Crippen LogP contribution >= 0.6 is 22.6 Å². The highest BCUT2D eigenvalue weighted by molar-refractivity contribution is 14.1. The number of halogens is 1. The molecule has 3 rings (SSSR count). The molecule has 7 nitrogen and oxygen atoms in total. The zero-order valence-corrected chi connectivity index (χ0v) is 18.1. The van der Waals surface area contributed by atoms with Gasteiger partial charge in [-0.3, -0.25) is 9.36 Å². The fourth-order valence-corrected chi connectivity index (χ4v) is 3.39. The molecule has 3 aromatic rings. The van der Waals surface area contributed by atoms with Crippen molar-refractivity contribution in [3.63, 3.8) is 0 Å². The van der Waals surface area contributed by atoms with Crippen molar-refractivity contribution in [3.05, 3.63) is 90.8 Å². The van der Waals surface area contributed by atoms with Crippen LogP contribution in [-0.4, -0.2) is 21.9 Å². The molecule has 8 heteroatoms. The van der Waals surface area contributed by atoms with Crippen LogP contribution in [0.15, 0.2) is 64.4 Å². The molecule has 0 radical (unpaired) electrons. The highest BCUT2D eigenvalue weighted by atomic mass is 127. The molecule has 0 spiro atoms. The van der Waals surface area contributed by atoms with Crippen LogP contribution in [0.3, 0.4) is 0 Å². The Kier molecular flexibility index (Phi) is 6.64. The van der Waals surface area contributed by atoms with Gasteiger partial charge in [0.25, 0.3) is 5.56 Å². The number of nitrogens with one attached hydrogen (secondary N) is 1. The Labute approximate surface area is 186 Å². The standard InChI is InChI=1S/C22H17IN4O3/c1-14-16(11-24)20(28)27(13-15-7-3-2-4-8-15)21(29)17(14)12-25-22(30)26-19-10-6-5-9-18(19)23/h2-10,12,29H,13H2,1H3,(H,26,30)/b25-12+. The number of para-hydroxylation sites is 1. The Hall–Kier alpha value is -3.45. The number of carbonyl (C=O) groups is 1. The van der Waals surface area contributed by atoms with Gasteiger partial charge in [0.15, 0.2) is 0 Å². The van der Waals surface area contributed by atoms with Gasteiger partial charge in [-0.05, 0) is 52.8 Å². The third kappa shape index (κ3) is 4.58. The first-order valence-electron chi connectivity index (χ1n) is 8.92. The van der Waals surface area contributed by atoms with Crippen LogP contribution in [0.5, 0.6) is 5.88 Å². The minimum absolute atomic E-state index is 0.0791. The minimum Gasteiger partial charge on any atom is -0.494 e. The van der Waals surface area contributed by atoms with E-state index < -0.39 is 11.6 Å². The zero-order valence-electron chi connectivity index (χ0n) is 16.0. The van der Waals surface area contributed by atoms with E-state index in [1.54, 1.807) is 24.3 Å². The largest absolute Gasteiger partial charge is 0.494 e. The molecular formula is C22H17IN4O3. The third-order valence-corrected chi connectivity index (χ3v) is 5.40. The number of benzene rings is 2. The van der Waals surface area contributed by atoms with Crippen LogP contribution in [0.4, 0.5) is 10.5 Å². The fraction of sp³-hybridized carbons (Fsp3) is 0.0909. The SMILES string of the molecule is Cc1c(/C=N/C(=O)Nc2ccccc2I)c(O)n(Cc2ccccc2)c(=O)c1C#N. The van der Waals surface area contributed by atoms with Crippen molar-refractivity contribution in [2.75, 3.05) is 5.32 Å². The molecule has 0 bridgehead atoms. The Morgan fingerprint density at radius 3 is 2.57 bits per heavy atom. The van der Waals surface area contributed by atoms with E-state index in [0.29, 0.717) is 5.69 Å². The molecule has 0 aliphatic heterocycles. The number of aromatic hydroxyl groups is 1. The molecule has 0 saturated carbocycles. The molecule has 0 atom stereocenters. The lowest BCUT2D eigenvalue weighted by Gasteiger charge is -2.14. The predicted molar refractivity (Wildman–Crippen MR) is 123 cm³/mol. The van der Waals surface area contributed by atoms with E-state index in [2.05, 4.69) is 32.9 Å². The van der Waals surface area contributed by atoms with Gasteiger partial charge in [-0.2, -0.15) is 5.26 Å². The van der Waals surface area contributed by atoms with Crippen LogP contribution in [0.2, 0.25) is 0 Å². The Bertz CT molecular complexity index is 1230. The van der Waals surface area contributed by atoms with Gasteiger partial charge in [0.2, 0.25) is 5.88 Å². The second-order valence-electron chi connectivity index (χ2n) is 6.39. The van der Waals surface area contributed by atoms with Crippen LogP contribution in [0.1, 0.15) is 22.3 Å². The van der Waals surface area contributed by atoms with Crippen molar-refractivity contribution in [2.24, 2.45) is 4.99 Å². The van der Waals surface area contributed by atoms with Crippen molar-refractivity contribution in [1.29, 1.82) is 5.26 Å². The van der Waals surface area contributed by atoms with E-state index in [4.69, 9.17) is 0 Å². The fourth-order valence-electron chi connectivity index (χ4n) is 2.87. The molecule has 0 fully saturated rings. The topological polar surface area (TPSA) is 107 Å². The van der Waals surface area contributed by atoms with Gasteiger partial charge in [0.05, 0.1) is 17.8 Å². The molecule has 150 valence electrons. The van der Waals surface area contributed by atoms with Gasteiger partial charge in [-0.25, -0.2) is 9.79 Å². The lowest BCUT2D eigenvalue weighted by molar-refractivity contribution is 0.259. The van der Waals surface area contributed by atoms with Crippen LogP contribution < -0.4 is 10.9 Å². The summed E-state index contributed by atoms with van der Waals surface area (Å²) in [5, 5.41) is 22.8. The summed E-state index contributed by atoms with van der Waals surface area (Å²) in [6.07, 6.45) is 1.16. The molecule has 2 N–H and O–H groups in total. The number of hydrogen-bond acceptors (Lipinski definition) is 4. The number of hydrogen-bond donors (Lipinski definition) is 2. The summed E-state index contributed by atoms with van der Waals surface area (Å²) in [5.41, 5.74) is 1.07. The van der Waals surface area contributed by atoms with Crippen molar-refractivity contribution in [1.82, 2.24) is 4.57 Å². The van der Waals surface area contributed by atoms with Gasteiger partial charge in [-0.1, -0.05) is 42.5 Å². The van der Waals surface area contributed by atoms with Crippen LogP contribution in [0.25, 0.3) is 0 Å². The first kappa shape index (κ1) is 21.3. The van der Waals surface area contributed by atoms with Gasteiger partial charge >= 0.3 is 6.03 Å². The number of rotatable bonds is 4. The van der Waals surface area contributed by atoms with Crippen LogP contribution in [0, 0.1) is 21.8 Å². The summed E-state index contributed by atoms with van der Waals surface area (Å²) in [7, 11) is 0. The molecule has 2 aromatic carbocycles. The van der Waals surface area contributed by atoms with Crippen molar-refractivity contribution in [3.8, 4) is 11.9 Å². The summed E-state index contributed by atoms with van der Waals surface area (Å²) in [6.45, 7) is 1.61. The Balaban J connectivity index is 1.98. The van der Waals surface area contributed by atoms with E-state index >= 15 is 0 Å². The number of nitrogens with zero attached hydrogens (tertiary/aromatic N) is 3. The molecule has 1 heterocycles.